The Bertz CT molecular complexity index is 4940. The van der Waals surface area contributed by atoms with Gasteiger partial charge in [0.1, 0.15) is 0 Å². The molecule has 0 aliphatic rings. The van der Waals surface area contributed by atoms with Gasteiger partial charge in [0.2, 0.25) is 0 Å². The van der Waals surface area contributed by atoms with Gasteiger partial charge in [-0.3, -0.25) is 19.9 Å². The fraction of sp³-hybridized carbons (Fsp3) is 0. The number of hydrogen-bond acceptors (Lipinski definition) is 8. The van der Waals surface area contributed by atoms with Crippen molar-refractivity contribution in [3.05, 3.63) is 243 Å². The van der Waals surface area contributed by atoms with Crippen LogP contribution < -0.4 is 0 Å². The molecule has 0 spiro atoms. The van der Waals surface area contributed by atoms with E-state index in [1.165, 1.54) is 0 Å². The number of fused-ring (bicyclic) bond motifs is 10. The van der Waals surface area contributed by atoms with Crippen molar-refractivity contribution in [1.29, 1.82) is 0 Å². The largest absolute Gasteiger partial charge is 0.309 e. The zero-order valence-corrected chi connectivity index (χ0v) is 41.6. The van der Waals surface area contributed by atoms with Gasteiger partial charge in [0.25, 0.3) is 0 Å². The van der Waals surface area contributed by atoms with Gasteiger partial charge in [0.05, 0.1) is 61.2 Å². The maximum absolute atomic E-state index is 5.31. The van der Waals surface area contributed by atoms with Crippen LogP contribution in [0.15, 0.2) is 243 Å². The van der Waals surface area contributed by atoms with Crippen molar-refractivity contribution in [2.75, 3.05) is 0 Å². The average Bonchev–Trinajstić information content (AvgIpc) is 4.22. The lowest BCUT2D eigenvalue weighted by Crippen LogP contribution is -2.01. The topological polar surface area (TPSA) is 113 Å². The summed E-state index contributed by atoms with van der Waals surface area (Å²) in [7, 11) is 0. The Hall–Kier alpha value is -10.8. The van der Waals surface area contributed by atoms with E-state index in [0.29, 0.717) is 17.5 Å². The lowest BCUT2D eigenvalue weighted by atomic mass is 10.1. The number of aromatic nitrogens is 10. The first-order valence-electron chi connectivity index (χ1n) is 25.9. The lowest BCUT2D eigenvalue weighted by Gasteiger charge is -2.14. The summed E-state index contributed by atoms with van der Waals surface area (Å²) in [6, 6.07) is 76.4. The van der Waals surface area contributed by atoms with E-state index in [9.17, 15) is 0 Å². The van der Waals surface area contributed by atoms with E-state index in [1.54, 1.807) is 12.4 Å². The van der Waals surface area contributed by atoms with Crippen LogP contribution >= 0.6 is 0 Å². The summed E-state index contributed by atoms with van der Waals surface area (Å²) in [5, 5.41) is 9.06. The molecule has 16 rings (SSSR count). The maximum atomic E-state index is 5.31. The normalized spacial score (nSPS) is 11.8. The predicted molar refractivity (Wildman–Crippen MR) is 315 cm³/mol. The van der Waals surface area contributed by atoms with Gasteiger partial charge >= 0.3 is 0 Å². The first-order valence-corrected chi connectivity index (χ1v) is 25.9. The van der Waals surface area contributed by atoms with Crippen molar-refractivity contribution in [1.82, 2.24) is 49.0 Å². The number of para-hydroxylation sites is 2. The van der Waals surface area contributed by atoms with Crippen LogP contribution in [0.3, 0.4) is 0 Å². The lowest BCUT2D eigenvalue weighted by molar-refractivity contribution is 1.07. The van der Waals surface area contributed by atoms with Crippen LogP contribution in [-0.2, 0) is 0 Å². The summed E-state index contributed by atoms with van der Waals surface area (Å²) in [5.41, 5.74) is 15.4. The van der Waals surface area contributed by atoms with E-state index in [2.05, 4.69) is 213 Å². The molecule has 0 saturated carbocycles. The molecule has 0 amide bonds. The highest BCUT2D eigenvalue weighted by Crippen LogP contribution is 2.41. The van der Waals surface area contributed by atoms with Gasteiger partial charge in [-0.2, -0.15) is 0 Å². The van der Waals surface area contributed by atoms with Crippen molar-refractivity contribution in [2.45, 2.75) is 0 Å². The number of hydrogen-bond donors (Lipinski definition) is 0. The molecule has 0 fully saturated rings. The second-order valence-electron chi connectivity index (χ2n) is 19.7. The Balaban J connectivity index is 0.889. The number of pyridine rings is 5. The number of rotatable bonds is 7. The van der Waals surface area contributed by atoms with E-state index in [0.717, 1.165) is 138 Å². The zero-order valence-electron chi connectivity index (χ0n) is 41.6. The molecule has 8 aromatic carbocycles. The summed E-state index contributed by atoms with van der Waals surface area (Å²) in [5.74, 6) is 1.81. The SMILES string of the molecule is c1cc(-c2nc(-c3ccc4ccccc4c3)nc(-c3ccc4ccccc4c3)n2)cc(-n2c3ccccc3c3cc4c(cc32)c2ccccc2n4-c2cc(-c3cnc4cccnc4c3)nc(-c3cnc4cccnc4c3)c2)c1. The van der Waals surface area contributed by atoms with Crippen LogP contribution in [0.2, 0.25) is 0 Å². The molecule has 0 atom stereocenters. The first kappa shape index (κ1) is 43.5. The number of nitrogens with zero attached hydrogens (tertiary/aromatic N) is 10. The molecule has 8 heterocycles. The van der Waals surface area contributed by atoms with Crippen molar-refractivity contribution in [3.8, 4) is 68.1 Å². The van der Waals surface area contributed by atoms with E-state index in [-0.39, 0.29) is 0 Å². The highest BCUT2D eigenvalue weighted by Gasteiger charge is 2.22. The molecular formula is C68H40N10. The Morgan fingerprint density at radius 3 is 1.27 bits per heavy atom. The van der Waals surface area contributed by atoms with Gasteiger partial charge in [0.15, 0.2) is 17.5 Å². The zero-order chi connectivity index (χ0) is 51.3. The first-order chi connectivity index (χ1) is 38.6. The second-order valence-corrected chi connectivity index (χ2v) is 19.7. The molecule has 0 aliphatic carbocycles. The fourth-order valence-electron chi connectivity index (χ4n) is 11.3. The van der Waals surface area contributed by atoms with Crippen molar-refractivity contribution in [2.24, 2.45) is 0 Å². The van der Waals surface area contributed by atoms with Crippen LogP contribution in [0.5, 0.6) is 0 Å². The van der Waals surface area contributed by atoms with Gasteiger partial charge < -0.3 is 9.13 Å². The van der Waals surface area contributed by atoms with Crippen molar-refractivity contribution in [3.63, 3.8) is 0 Å². The van der Waals surface area contributed by atoms with Gasteiger partial charge in [-0.15, -0.1) is 0 Å². The van der Waals surface area contributed by atoms with Crippen LogP contribution in [0.4, 0.5) is 0 Å². The highest BCUT2D eigenvalue weighted by atomic mass is 15.0. The third-order valence-corrected chi connectivity index (χ3v) is 15.0. The fourth-order valence-corrected chi connectivity index (χ4v) is 11.3. The molecule has 0 N–H and O–H groups in total. The van der Waals surface area contributed by atoms with Crippen LogP contribution in [0, 0.1) is 0 Å². The predicted octanol–water partition coefficient (Wildman–Crippen LogP) is 16.0. The van der Waals surface area contributed by atoms with E-state index in [4.69, 9.17) is 29.9 Å². The molecule has 362 valence electrons. The standard InChI is InChI=1S/C68H40N10/c1-3-14-43-30-46(26-24-41(43)12-1)67-74-66(75-68(76-67)47-27-25-42-13-2-4-15-44(42)31-47)45-16-9-17-50(32-45)77-62-22-7-5-18-52(62)54-38-65-55(37-64(54)77)53-19-6-8-23-63(53)78(65)51-35-58(48-33-60-56(71-39-48)20-10-28-69-60)73-59(36-51)49-34-61-57(72-40-49)21-11-29-70-61/h1-40H. The summed E-state index contributed by atoms with van der Waals surface area (Å²) in [6.45, 7) is 0. The molecule has 8 aromatic heterocycles. The summed E-state index contributed by atoms with van der Waals surface area (Å²) in [4.78, 5) is 39.9. The Morgan fingerprint density at radius 1 is 0.256 bits per heavy atom. The van der Waals surface area contributed by atoms with Crippen LogP contribution in [-0.4, -0.2) is 49.0 Å². The monoisotopic (exact) mass is 996 g/mol. The van der Waals surface area contributed by atoms with Gasteiger partial charge in [0, 0.05) is 79.8 Å². The summed E-state index contributed by atoms with van der Waals surface area (Å²) >= 11 is 0. The Labute approximate surface area is 445 Å². The van der Waals surface area contributed by atoms with E-state index >= 15 is 0 Å². The molecule has 78 heavy (non-hydrogen) atoms. The maximum Gasteiger partial charge on any atom is 0.164 e. The average molecular weight is 997 g/mol. The molecule has 0 aliphatic heterocycles. The molecule has 0 unspecified atom stereocenters. The Morgan fingerprint density at radius 2 is 0.731 bits per heavy atom. The third-order valence-electron chi connectivity index (χ3n) is 15.0. The quantitative estimate of drug-likeness (QED) is 0.155. The molecule has 0 radical (unpaired) electrons. The molecular weight excluding hydrogens is 957 g/mol. The molecule has 16 aromatic rings. The van der Waals surface area contributed by atoms with Gasteiger partial charge in [-0.05, 0) is 119 Å². The minimum Gasteiger partial charge on any atom is -0.309 e. The summed E-state index contributed by atoms with van der Waals surface area (Å²) < 4.78 is 4.74. The van der Waals surface area contributed by atoms with Crippen LogP contribution in [0.1, 0.15) is 0 Å². The van der Waals surface area contributed by atoms with Gasteiger partial charge in [-0.25, -0.2) is 19.9 Å². The van der Waals surface area contributed by atoms with Crippen LogP contribution in [0.25, 0.3) is 155 Å². The van der Waals surface area contributed by atoms with E-state index in [1.807, 2.05) is 36.7 Å². The van der Waals surface area contributed by atoms with Gasteiger partial charge in [-0.1, -0.05) is 121 Å². The van der Waals surface area contributed by atoms with E-state index < -0.39 is 0 Å². The smallest absolute Gasteiger partial charge is 0.164 e. The highest BCUT2D eigenvalue weighted by molar-refractivity contribution is 6.19. The number of benzene rings is 8. The third kappa shape index (κ3) is 7.19. The minimum absolute atomic E-state index is 0.590. The summed E-state index contributed by atoms with van der Waals surface area (Å²) in [6.07, 6.45) is 7.36. The minimum atomic E-state index is 0.590. The van der Waals surface area contributed by atoms with Crippen molar-refractivity contribution >= 4 is 87.2 Å². The molecule has 10 nitrogen and oxygen atoms in total. The Kier molecular flexibility index (Phi) is 9.70. The molecule has 0 saturated heterocycles. The molecule has 10 heteroatoms. The second kappa shape index (κ2) is 17.4. The molecule has 0 bridgehead atoms. The van der Waals surface area contributed by atoms with Crippen molar-refractivity contribution < 1.29 is 0 Å².